The van der Waals surface area contributed by atoms with Crippen LogP contribution in [0.4, 0.5) is 18.9 Å². The van der Waals surface area contributed by atoms with Crippen molar-refractivity contribution in [1.82, 2.24) is 24.9 Å². The molecule has 0 saturated heterocycles. The number of carbonyl (C=O) groups is 3. The molecule has 0 saturated carbocycles. The summed E-state index contributed by atoms with van der Waals surface area (Å²) in [5.41, 5.74) is 1.70. The van der Waals surface area contributed by atoms with Gasteiger partial charge >= 0.3 is 5.97 Å². The number of ether oxygens (including phenoxy) is 1. The number of nitrogens with zero attached hydrogens (tertiary/aromatic N) is 4. The zero-order valence-electron chi connectivity index (χ0n) is 17.6. The predicted molar refractivity (Wildman–Crippen MR) is 107 cm³/mol. The highest BCUT2D eigenvalue weighted by Gasteiger charge is 2.17. The standard InChI is InChI=1S/C20H19F3N6O4/c1-10-12(11(2)29-20(27-10)25-9-26-29)3-6-17(32)33-8-16(31)24-7-15(30)28-14-5-4-13(21)18(22)19(14)23/h4-5,9H,3,6-8H2,1-2H3,(H,24,31)(H,28,30). The van der Waals surface area contributed by atoms with Crippen LogP contribution in [0.25, 0.3) is 5.78 Å². The molecule has 2 heterocycles. The molecule has 0 spiro atoms. The van der Waals surface area contributed by atoms with Gasteiger partial charge in [0.15, 0.2) is 24.1 Å². The first kappa shape index (κ1) is 23.6. The fourth-order valence-electron chi connectivity index (χ4n) is 3.01. The van der Waals surface area contributed by atoms with E-state index in [1.54, 1.807) is 11.4 Å². The van der Waals surface area contributed by atoms with Crippen LogP contribution in [0.5, 0.6) is 0 Å². The Morgan fingerprint density at radius 3 is 2.61 bits per heavy atom. The average Bonchev–Trinajstić information content (AvgIpc) is 3.25. The number of hydrogen-bond acceptors (Lipinski definition) is 7. The van der Waals surface area contributed by atoms with Crippen LogP contribution in [0.2, 0.25) is 0 Å². The van der Waals surface area contributed by atoms with Gasteiger partial charge in [0.25, 0.3) is 11.7 Å². The van der Waals surface area contributed by atoms with Gasteiger partial charge in [-0.1, -0.05) is 0 Å². The van der Waals surface area contributed by atoms with Gasteiger partial charge in [0.2, 0.25) is 5.91 Å². The number of benzene rings is 1. The molecule has 174 valence electrons. The van der Waals surface area contributed by atoms with Crippen molar-refractivity contribution in [3.63, 3.8) is 0 Å². The molecule has 3 aromatic rings. The molecule has 2 amide bonds. The van der Waals surface area contributed by atoms with E-state index in [-0.39, 0.29) is 6.42 Å². The summed E-state index contributed by atoms with van der Waals surface area (Å²) in [6.45, 7) is 2.37. The number of rotatable bonds is 8. The lowest BCUT2D eigenvalue weighted by Crippen LogP contribution is -2.35. The smallest absolute Gasteiger partial charge is 0.306 e. The van der Waals surface area contributed by atoms with Gasteiger partial charge in [-0.05, 0) is 38.0 Å². The van der Waals surface area contributed by atoms with E-state index in [1.165, 1.54) is 6.33 Å². The van der Waals surface area contributed by atoms with Crippen molar-refractivity contribution in [3.05, 3.63) is 52.9 Å². The molecule has 10 nitrogen and oxygen atoms in total. The molecule has 13 heteroatoms. The normalized spacial score (nSPS) is 10.8. The van der Waals surface area contributed by atoms with Gasteiger partial charge in [-0.2, -0.15) is 10.1 Å². The van der Waals surface area contributed by atoms with Crippen LogP contribution >= 0.6 is 0 Å². The van der Waals surface area contributed by atoms with E-state index in [2.05, 4.69) is 20.4 Å². The second-order valence-corrected chi connectivity index (χ2v) is 6.94. The summed E-state index contributed by atoms with van der Waals surface area (Å²) in [5, 5.41) is 8.23. The lowest BCUT2D eigenvalue weighted by atomic mass is 10.1. The highest BCUT2D eigenvalue weighted by atomic mass is 19.2. The lowest BCUT2D eigenvalue weighted by molar-refractivity contribution is -0.148. The summed E-state index contributed by atoms with van der Waals surface area (Å²) >= 11 is 0. The van der Waals surface area contributed by atoms with Gasteiger partial charge < -0.3 is 15.4 Å². The van der Waals surface area contributed by atoms with E-state index in [0.717, 1.165) is 17.3 Å². The fraction of sp³-hybridized carbons (Fsp3) is 0.300. The van der Waals surface area contributed by atoms with Crippen LogP contribution in [0.15, 0.2) is 18.5 Å². The zero-order valence-corrected chi connectivity index (χ0v) is 17.6. The highest BCUT2D eigenvalue weighted by molar-refractivity contribution is 5.94. The molecule has 0 fully saturated rings. The van der Waals surface area contributed by atoms with Crippen molar-refractivity contribution in [2.75, 3.05) is 18.5 Å². The Morgan fingerprint density at radius 2 is 1.85 bits per heavy atom. The minimum absolute atomic E-state index is 0.0211. The topological polar surface area (TPSA) is 128 Å². The summed E-state index contributed by atoms with van der Waals surface area (Å²) in [6.07, 6.45) is 1.66. The molecule has 0 aliphatic heterocycles. The zero-order chi connectivity index (χ0) is 24.1. The Bertz CT molecular complexity index is 1230. The third-order valence-electron chi connectivity index (χ3n) is 4.69. The maximum absolute atomic E-state index is 13.6. The lowest BCUT2D eigenvalue weighted by Gasteiger charge is -2.11. The number of amides is 2. The Kier molecular flexibility index (Phi) is 7.20. The summed E-state index contributed by atoms with van der Waals surface area (Å²) in [5.74, 6) is -6.55. The van der Waals surface area contributed by atoms with Gasteiger partial charge in [0.05, 0.1) is 12.2 Å². The van der Waals surface area contributed by atoms with E-state index in [0.29, 0.717) is 24.0 Å². The van der Waals surface area contributed by atoms with E-state index in [9.17, 15) is 27.6 Å². The van der Waals surface area contributed by atoms with Gasteiger partial charge in [0.1, 0.15) is 6.33 Å². The van der Waals surface area contributed by atoms with Crippen molar-refractivity contribution in [3.8, 4) is 0 Å². The molecule has 0 bridgehead atoms. The van der Waals surface area contributed by atoms with Gasteiger partial charge in [-0.25, -0.2) is 22.7 Å². The number of nitrogens with one attached hydrogen (secondary N) is 2. The van der Waals surface area contributed by atoms with Crippen LogP contribution in [0.3, 0.4) is 0 Å². The van der Waals surface area contributed by atoms with E-state index < -0.39 is 54.1 Å². The Labute approximate surface area is 185 Å². The van der Waals surface area contributed by atoms with Gasteiger partial charge in [-0.3, -0.25) is 14.4 Å². The number of anilines is 1. The molecule has 2 N–H and O–H groups in total. The fourth-order valence-corrected chi connectivity index (χ4v) is 3.01. The quantitative estimate of drug-likeness (QED) is 0.381. The monoisotopic (exact) mass is 464 g/mol. The molecule has 33 heavy (non-hydrogen) atoms. The number of aromatic nitrogens is 4. The largest absolute Gasteiger partial charge is 0.456 e. The highest BCUT2D eigenvalue weighted by Crippen LogP contribution is 2.19. The molecule has 0 atom stereocenters. The van der Waals surface area contributed by atoms with Gasteiger partial charge in [-0.15, -0.1) is 0 Å². The SMILES string of the molecule is Cc1nc2ncnn2c(C)c1CCC(=O)OCC(=O)NCC(=O)Nc1ccc(F)c(F)c1F. The first-order valence-electron chi connectivity index (χ1n) is 9.69. The maximum Gasteiger partial charge on any atom is 0.306 e. The molecular weight excluding hydrogens is 445 g/mol. The van der Waals surface area contributed by atoms with Crippen molar-refractivity contribution < 1.29 is 32.3 Å². The molecule has 0 unspecified atom stereocenters. The molecule has 0 aliphatic carbocycles. The molecular formula is C20H19F3N6O4. The first-order chi connectivity index (χ1) is 15.7. The Hall–Kier alpha value is -4.03. The van der Waals surface area contributed by atoms with Crippen molar-refractivity contribution in [2.45, 2.75) is 26.7 Å². The summed E-state index contributed by atoms with van der Waals surface area (Å²) < 4.78 is 46.1. The van der Waals surface area contributed by atoms with Crippen molar-refractivity contribution >= 4 is 29.2 Å². The summed E-state index contributed by atoms with van der Waals surface area (Å²) in [6, 6.07) is 1.49. The van der Waals surface area contributed by atoms with E-state index in [1.807, 2.05) is 12.2 Å². The third kappa shape index (κ3) is 5.61. The predicted octanol–water partition coefficient (Wildman–Crippen LogP) is 1.39. The molecule has 0 aliphatic rings. The Morgan fingerprint density at radius 1 is 1.09 bits per heavy atom. The van der Waals surface area contributed by atoms with Crippen molar-refractivity contribution in [1.29, 1.82) is 0 Å². The summed E-state index contributed by atoms with van der Waals surface area (Å²) in [7, 11) is 0. The number of esters is 1. The third-order valence-corrected chi connectivity index (χ3v) is 4.69. The number of halogens is 3. The van der Waals surface area contributed by atoms with E-state index in [4.69, 9.17) is 4.74 Å². The maximum atomic E-state index is 13.6. The average molecular weight is 464 g/mol. The second kappa shape index (κ2) is 10.1. The van der Waals surface area contributed by atoms with Crippen LogP contribution in [0.1, 0.15) is 23.4 Å². The number of fused-ring (bicyclic) bond motifs is 1. The molecule has 1 aromatic carbocycles. The number of aryl methyl sites for hydroxylation is 2. The number of hydrogen-bond donors (Lipinski definition) is 2. The van der Waals surface area contributed by atoms with Crippen molar-refractivity contribution in [2.24, 2.45) is 0 Å². The second-order valence-electron chi connectivity index (χ2n) is 6.94. The molecule has 2 aromatic heterocycles. The minimum Gasteiger partial charge on any atom is -0.456 e. The number of carbonyl (C=O) groups excluding carboxylic acids is 3. The van der Waals surface area contributed by atoms with Crippen LogP contribution in [0, 0.1) is 31.3 Å². The van der Waals surface area contributed by atoms with Crippen LogP contribution < -0.4 is 10.6 Å². The van der Waals surface area contributed by atoms with Crippen LogP contribution in [-0.4, -0.2) is 50.5 Å². The van der Waals surface area contributed by atoms with Gasteiger partial charge in [0, 0.05) is 17.8 Å². The minimum atomic E-state index is -1.73. The Balaban J connectivity index is 1.42. The molecule has 3 rings (SSSR count). The summed E-state index contributed by atoms with van der Waals surface area (Å²) in [4.78, 5) is 43.9. The molecule has 0 radical (unpaired) electrons. The van der Waals surface area contributed by atoms with E-state index >= 15 is 0 Å². The van der Waals surface area contributed by atoms with Crippen LogP contribution in [-0.2, 0) is 25.5 Å². The first-order valence-corrected chi connectivity index (χ1v) is 9.69.